The Hall–Kier alpha value is -2.00. The zero-order chi connectivity index (χ0) is 17.5. The molecule has 3 rings (SSSR count). The molecule has 0 saturated carbocycles. The maximum atomic E-state index is 13.8. The van der Waals surface area contributed by atoms with Crippen molar-refractivity contribution in [3.63, 3.8) is 0 Å². The number of halogens is 2. The summed E-state index contributed by atoms with van der Waals surface area (Å²) in [5.41, 5.74) is 5.79. The van der Waals surface area contributed by atoms with Crippen molar-refractivity contribution < 1.29 is 9.13 Å². The molecule has 0 bridgehead atoms. The number of nitrogens with one attached hydrogen (secondary N) is 1. The monoisotopic (exact) mass is 345 g/mol. The van der Waals surface area contributed by atoms with Gasteiger partial charge in [-0.05, 0) is 61.7 Å². The highest BCUT2D eigenvalue weighted by Crippen LogP contribution is 2.42. The number of rotatable bonds is 3. The first-order chi connectivity index (χ1) is 11.4. The van der Waals surface area contributed by atoms with E-state index in [9.17, 15) is 4.39 Å². The van der Waals surface area contributed by atoms with Crippen molar-refractivity contribution in [2.24, 2.45) is 0 Å². The van der Waals surface area contributed by atoms with Crippen LogP contribution < -0.4 is 10.1 Å². The fraction of sp³-hybridized carbons (Fsp3) is 0.300. The minimum absolute atomic E-state index is 0.112. The van der Waals surface area contributed by atoms with E-state index in [4.69, 9.17) is 16.3 Å². The average Bonchev–Trinajstić information content (AvgIpc) is 2.52. The van der Waals surface area contributed by atoms with Crippen LogP contribution >= 0.6 is 11.6 Å². The van der Waals surface area contributed by atoms with Crippen LogP contribution in [0, 0.1) is 5.82 Å². The summed E-state index contributed by atoms with van der Waals surface area (Å²) in [5.74, 6) is 0.676. The predicted molar refractivity (Wildman–Crippen MR) is 99.3 cm³/mol. The highest BCUT2D eigenvalue weighted by atomic mass is 35.5. The summed E-state index contributed by atoms with van der Waals surface area (Å²) >= 11 is 6.30. The highest BCUT2D eigenvalue weighted by molar-refractivity contribution is 6.18. The third kappa shape index (κ3) is 2.89. The molecular weight excluding hydrogens is 325 g/mol. The standard InChI is InChI=1S/C20H21ClFNO/c1-12-10-20(2,3)23-17-7-6-14(16(11-21)19(12)17)15-9-13(22)5-8-18(15)24-4/h5-10,23H,11H2,1-4H3. The van der Waals surface area contributed by atoms with E-state index in [1.165, 1.54) is 17.7 Å². The van der Waals surface area contributed by atoms with E-state index in [2.05, 4.69) is 32.2 Å². The lowest BCUT2D eigenvalue weighted by Gasteiger charge is -2.33. The molecule has 2 nitrogen and oxygen atoms in total. The Kier molecular flexibility index (Phi) is 4.31. The maximum absolute atomic E-state index is 13.8. The molecule has 126 valence electrons. The number of ether oxygens (including phenoxy) is 1. The van der Waals surface area contributed by atoms with E-state index >= 15 is 0 Å². The molecule has 0 atom stereocenters. The number of hydrogen-bond acceptors (Lipinski definition) is 2. The van der Waals surface area contributed by atoms with E-state index in [0.29, 0.717) is 17.2 Å². The van der Waals surface area contributed by atoms with Gasteiger partial charge in [-0.2, -0.15) is 0 Å². The molecule has 0 saturated heterocycles. The van der Waals surface area contributed by atoms with Crippen molar-refractivity contribution in [3.8, 4) is 16.9 Å². The number of benzene rings is 2. The van der Waals surface area contributed by atoms with Gasteiger partial charge in [0, 0.05) is 22.7 Å². The van der Waals surface area contributed by atoms with Gasteiger partial charge in [0.05, 0.1) is 12.6 Å². The largest absolute Gasteiger partial charge is 0.496 e. The molecule has 1 aliphatic rings. The van der Waals surface area contributed by atoms with E-state index < -0.39 is 0 Å². The Balaban J connectivity index is 2.26. The fourth-order valence-corrected chi connectivity index (χ4v) is 3.76. The smallest absolute Gasteiger partial charge is 0.126 e. The van der Waals surface area contributed by atoms with Crippen molar-refractivity contribution in [1.82, 2.24) is 0 Å². The first-order valence-electron chi connectivity index (χ1n) is 7.90. The Morgan fingerprint density at radius 2 is 1.92 bits per heavy atom. The van der Waals surface area contributed by atoms with Gasteiger partial charge in [-0.1, -0.05) is 12.1 Å². The Labute approximate surface area is 147 Å². The van der Waals surface area contributed by atoms with Crippen LogP contribution in [0.15, 0.2) is 36.4 Å². The molecule has 24 heavy (non-hydrogen) atoms. The van der Waals surface area contributed by atoms with Gasteiger partial charge >= 0.3 is 0 Å². The summed E-state index contributed by atoms with van der Waals surface area (Å²) in [5, 5.41) is 3.52. The predicted octanol–water partition coefficient (Wildman–Crippen LogP) is 5.85. The lowest BCUT2D eigenvalue weighted by atomic mass is 9.85. The Bertz CT molecular complexity index is 827. The molecule has 0 aliphatic carbocycles. The van der Waals surface area contributed by atoms with Crippen LogP contribution in [-0.4, -0.2) is 12.6 Å². The molecule has 0 aromatic heterocycles. The third-order valence-electron chi connectivity index (χ3n) is 4.33. The molecule has 1 aliphatic heterocycles. The SMILES string of the molecule is COc1ccc(F)cc1-c1ccc2c(c1CCl)C(C)=CC(C)(C)N2. The lowest BCUT2D eigenvalue weighted by Crippen LogP contribution is -2.31. The van der Waals surface area contributed by atoms with Crippen LogP contribution in [0.25, 0.3) is 16.7 Å². The van der Waals surface area contributed by atoms with Crippen LogP contribution in [0.2, 0.25) is 0 Å². The van der Waals surface area contributed by atoms with Gasteiger partial charge in [0.25, 0.3) is 0 Å². The number of methoxy groups -OCH3 is 1. The number of hydrogen-bond donors (Lipinski definition) is 1. The molecular formula is C20H21ClFNO. The molecule has 1 N–H and O–H groups in total. The van der Waals surface area contributed by atoms with Crippen molar-refractivity contribution in [2.45, 2.75) is 32.2 Å². The summed E-state index contributed by atoms with van der Waals surface area (Å²) in [6.45, 7) is 6.34. The average molecular weight is 346 g/mol. The second-order valence-corrected chi connectivity index (χ2v) is 6.93. The normalized spacial score (nSPS) is 15.3. The zero-order valence-corrected chi connectivity index (χ0v) is 15.1. The van der Waals surface area contributed by atoms with Crippen molar-refractivity contribution in [2.75, 3.05) is 12.4 Å². The Morgan fingerprint density at radius 3 is 2.58 bits per heavy atom. The van der Waals surface area contributed by atoms with Crippen LogP contribution in [0.3, 0.4) is 0 Å². The van der Waals surface area contributed by atoms with Crippen LogP contribution in [0.1, 0.15) is 31.9 Å². The minimum atomic E-state index is -0.296. The topological polar surface area (TPSA) is 21.3 Å². The molecule has 2 aromatic carbocycles. The van der Waals surface area contributed by atoms with E-state index in [1.807, 2.05) is 12.1 Å². The molecule has 0 unspecified atom stereocenters. The summed E-state index contributed by atoms with van der Waals surface area (Å²) in [7, 11) is 1.59. The van der Waals surface area contributed by atoms with E-state index in [1.54, 1.807) is 13.2 Å². The molecule has 0 amide bonds. The molecule has 0 fully saturated rings. The number of allylic oxidation sites excluding steroid dienone is 1. The second-order valence-electron chi connectivity index (χ2n) is 6.67. The van der Waals surface area contributed by atoms with Gasteiger partial charge in [0.1, 0.15) is 11.6 Å². The third-order valence-corrected chi connectivity index (χ3v) is 4.59. The second kappa shape index (κ2) is 6.14. The highest BCUT2D eigenvalue weighted by Gasteiger charge is 2.26. The lowest BCUT2D eigenvalue weighted by molar-refractivity contribution is 0.415. The van der Waals surface area contributed by atoms with Gasteiger partial charge in [0.15, 0.2) is 0 Å². The molecule has 0 radical (unpaired) electrons. The van der Waals surface area contributed by atoms with Crippen molar-refractivity contribution >= 4 is 22.9 Å². The fourth-order valence-electron chi connectivity index (χ4n) is 3.48. The summed E-state index contributed by atoms with van der Waals surface area (Å²) in [4.78, 5) is 0. The van der Waals surface area contributed by atoms with Crippen LogP contribution in [0.5, 0.6) is 5.75 Å². The van der Waals surface area contributed by atoms with E-state index in [-0.39, 0.29) is 11.4 Å². The maximum Gasteiger partial charge on any atom is 0.126 e. The first-order valence-corrected chi connectivity index (χ1v) is 8.43. The van der Waals surface area contributed by atoms with Crippen molar-refractivity contribution in [1.29, 1.82) is 0 Å². The number of alkyl halides is 1. The van der Waals surface area contributed by atoms with Gasteiger partial charge < -0.3 is 10.1 Å². The molecule has 0 spiro atoms. The minimum Gasteiger partial charge on any atom is -0.496 e. The number of anilines is 1. The summed E-state index contributed by atoms with van der Waals surface area (Å²) < 4.78 is 19.2. The van der Waals surface area contributed by atoms with Crippen LogP contribution in [0.4, 0.5) is 10.1 Å². The molecule has 1 heterocycles. The van der Waals surface area contributed by atoms with Gasteiger partial charge in [-0.25, -0.2) is 4.39 Å². The number of fused-ring (bicyclic) bond motifs is 1. The summed E-state index contributed by atoms with van der Waals surface area (Å²) in [6, 6.07) is 8.55. The van der Waals surface area contributed by atoms with Crippen molar-refractivity contribution in [3.05, 3.63) is 53.4 Å². The summed E-state index contributed by atoms with van der Waals surface area (Å²) in [6.07, 6.45) is 2.19. The van der Waals surface area contributed by atoms with E-state index in [0.717, 1.165) is 22.4 Å². The Morgan fingerprint density at radius 1 is 1.17 bits per heavy atom. The van der Waals surface area contributed by atoms with Gasteiger partial charge in [-0.15, -0.1) is 11.6 Å². The zero-order valence-electron chi connectivity index (χ0n) is 14.3. The van der Waals surface area contributed by atoms with Gasteiger partial charge in [-0.3, -0.25) is 0 Å². The van der Waals surface area contributed by atoms with Gasteiger partial charge in [0.2, 0.25) is 0 Å². The first kappa shape index (κ1) is 16.8. The quantitative estimate of drug-likeness (QED) is 0.705. The molecule has 2 aromatic rings. The van der Waals surface area contributed by atoms with Crippen LogP contribution in [-0.2, 0) is 5.88 Å². The molecule has 4 heteroatoms.